The topological polar surface area (TPSA) is 84.9 Å². The average molecular weight is 387 g/mol. The minimum atomic E-state index is -3.41. The van der Waals surface area contributed by atoms with E-state index in [1.807, 2.05) is 32.9 Å². The van der Waals surface area contributed by atoms with Crippen molar-refractivity contribution >= 4 is 15.9 Å². The minimum Gasteiger partial charge on any atom is -0.493 e. The summed E-state index contributed by atoms with van der Waals surface area (Å²) < 4.78 is 35.8. The molecule has 0 bridgehead atoms. The van der Waals surface area contributed by atoms with Gasteiger partial charge in [-0.05, 0) is 44.9 Å². The number of nitrogens with one attached hydrogen (secondary N) is 1. The molecule has 0 spiro atoms. The summed E-state index contributed by atoms with van der Waals surface area (Å²) in [6, 6.07) is 5.48. The summed E-state index contributed by atoms with van der Waals surface area (Å²) >= 11 is 0. The monoisotopic (exact) mass is 386 g/mol. The van der Waals surface area contributed by atoms with Gasteiger partial charge < -0.3 is 14.8 Å². The lowest BCUT2D eigenvalue weighted by Gasteiger charge is -2.23. The molecule has 1 rings (SSSR count). The maximum atomic E-state index is 12.0. The third-order valence-electron chi connectivity index (χ3n) is 3.67. The van der Waals surface area contributed by atoms with Gasteiger partial charge in [-0.2, -0.15) is 0 Å². The zero-order valence-electron chi connectivity index (χ0n) is 16.5. The summed E-state index contributed by atoms with van der Waals surface area (Å²) in [5.74, 6) is 1.05. The van der Waals surface area contributed by atoms with Crippen molar-refractivity contribution in [2.24, 2.45) is 0 Å². The third-order valence-corrected chi connectivity index (χ3v) is 4.97. The lowest BCUT2D eigenvalue weighted by molar-refractivity contribution is -0.122. The van der Waals surface area contributed by atoms with Gasteiger partial charge in [0, 0.05) is 25.0 Å². The second kappa shape index (κ2) is 9.23. The Labute approximate surface area is 156 Å². The van der Waals surface area contributed by atoms with Gasteiger partial charge in [0.25, 0.3) is 0 Å². The van der Waals surface area contributed by atoms with Gasteiger partial charge in [-0.3, -0.25) is 4.79 Å². The Morgan fingerprint density at radius 2 is 1.73 bits per heavy atom. The number of nitrogens with zero attached hydrogens (tertiary/aromatic N) is 1. The van der Waals surface area contributed by atoms with Crippen LogP contribution in [0.1, 0.15) is 32.8 Å². The molecule has 0 saturated heterocycles. The number of carbonyl (C=O) groups is 1. The number of benzene rings is 1. The number of hydrogen-bond donors (Lipinski definition) is 1. The van der Waals surface area contributed by atoms with Crippen LogP contribution in [0.5, 0.6) is 11.5 Å². The molecule has 0 unspecified atom stereocenters. The number of hydrogen-bond acceptors (Lipinski definition) is 5. The largest absolute Gasteiger partial charge is 0.493 e. The van der Waals surface area contributed by atoms with Crippen molar-refractivity contribution in [3.8, 4) is 11.5 Å². The Morgan fingerprint density at radius 3 is 2.23 bits per heavy atom. The maximum absolute atomic E-state index is 12.0. The van der Waals surface area contributed by atoms with Gasteiger partial charge in [-0.15, -0.1) is 0 Å². The zero-order valence-corrected chi connectivity index (χ0v) is 17.3. The van der Waals surface area contributed by atoms with E-state index >= 15 is 0 Å². The summed E-state index contributed by atoms with van der Waals surface area (Å²) in [5.41, 5.74) is 0.586. The lowest BCUT2D eigenvalue weighted by atomic mass is 10.1. The van der Waals surface area contributed by atoms with Crippen LogP contribution in [0.15, 0.2) is 18.2 Å². The number of ether oxygens (including phenoxy) is 2. The van der Waals surface area contributed by atoms with Crippen molar-refractivity contribution in [2.45, 2.75) is 39.2 Å². The highest BCUT2D eigenvalue weighted by atomic mass is 32.2. The molecule has 0 aliphatic carbocycles. The predicted molar refractivity (Wildman–Crippen MR) is 102 cm³/mol. The number of rotatable bonds is 9. The first-order chi connectivity index (χ1) is 12.0. The van der Waals surface area contributed by atoms with E-state index in [4.69, 9.17) is 9.47 Å². The first kappa shape index (κ1) is 22.2. The van der Waals surface area contributed by atoms with Crippen LogP contribution in [0.3, 0.4) is 0 Å². The van der Waals surface area contributed by atoms with Crippen LogP contribution in [0, 0.1) is 0 Å². The molecule has 148 valence electrons. The van der Waals surface area contributed by atoms with E-state index in [1.54, 1.807) is 20.3 Å². The molecule has 0 heterocycles. The van der Waals surface area contributed by atoms with Crippen molar-refractivity contribution in [1.82, 2.24) is 9.62 Å². The molecule has 0 fully saturated rings. The van der Waals surface area contributed by atoms with Gasteiger partial charge in [0.15, 0.2) is 11.5 Å². The van der Waals surface area contributed by atoms with E-state index < -0.39 is 10.0 Å². The van der Waals surface area contributed by atoms with Gasteiger partial charge in [-0.25, -0.2) is 12.7 Å². The first-order valence-electron chi connectivity index (χ1n) is 8.43. The summed E-state index contributed by atoms with van der Waals surface area (Å²) in [6.07, 6.45) is 1.79. The SMILES string of the molecule is COc1ccc(CCN(CCC(=O)NC(C)(C)C)S(C)(=O)=O)cc1OC. The fourth-order valence-electron chi connectivity index (χ4n) is 2.44. The molecule has 7 nitrogen and oxygen atoms in total. The smallest absolute Gasteiger partial charge is 0.221 e. The van der Waals surface area contributed by atoms with Crippen molar-refractivity contribution in [3.63, 3.8) is 0 Å². The number of carbonyl (C=O) groups excluding carboxylic acids is 1. The molecule has 1 aromatic carbocycles. The molecule has 0 radical (unpaired) electrons. The van der Waals surface area contributed by atoms with Crippen LogP contribution >= 0.6 is 0 Å². The third kappa shape index (κ3) is 7.61. The fraction of sp³-hybridized carbons (Fsp3) is 0.611. The summed E-state index contributed by atoms with van der Waals surface area (Å²) in [4.78, 5) is 12.0. The minimum absolute atomic E-state index is 0.121. The Hall–Kier alpha value is -1.80. The standard InChI is InChI=1S/C18H30N2O5S/c1-18(2,3)19-17(21)10-12-20(26(6,22)23)11-9-14-7-8-15(24-4)16(13-14)25-5/h7-8,13H,9-12H2,1-6H3,(H,19,21). The number of amides is 1. The second-order valence-corrected chi connectivity index (χ2v) is 9.13. The molecule has 26 heavy (non-hydrogen) atoms. The van der Waals surface area contributed by atoms with E-state index in [1.165, 1.54) is 4.31 Å². The van der Waals surface area contributed by atoms with Crippen LogP contribution in [0.4, 0.5) is 0 Å². The molecule has 0 aliphatic heterocycles. The van der Waals surface area contributed by atoms with Crippen LogP contribution in [0.25, 0.3) is 0 Å². The molecule has 0 atom stereocenters. The van der Waals surface area contributed by atoms with E-state index in [0.717, 1.165) is 11.8 Å². The molecule has 1 N–H and O–H groups in total. The highest BCUT2D eigenvalue weighted by Gasteiger charge is 2.20. The Bertz CT molecular complexity index is 711. The first-order valence-corrected chi connectivity index (χ1v) is 10.3. The summed E-state index contributed by atoms with van der Waals surface area (Å²) in [7, 11) is -0.291. The average Bonchev–Trinajstić information content (AvgIpc) is 2.51. The Morgan fingerprint density at radius 1 is 1.12 bits per heavy atom. The number of methoxy groups -OCH3 is 2. The van der Waals surface area contributed by atoms with Crippen molar-refractivity contribution in [1.29, 1.82) is 0 Å². The van der Waals surface area contributed by atoms with Crippen molar-refractivity contribution in [3.05, 3.63) is 23.8 Å². The van der Waals surface area contributed by atoms with E-state index in [2.05, 4.69) is 5.32 Å². The van der Waals surface area contributed by atoms with Crippen LogP contribution < -0.4 is 14.8 Å². The highest BCUT2D eigenvalue weighted by molar-refractivity contribution is 7.88. The predicted octanol–water partition coefficient (Wildman–Crippen LogP) is 1.81. The van der Waals surface area contributed by atoms with Gasteiger partial charge in [0.1, 0.15) is 0 Å². The van der Waals surface area contributed by atoms with Gasteiger partial charge in [-0.1, -0.05) is 6.07 Å². The second-order valence-electron chi connectivity index (χ2n) is 7.15. The molecule has 1 amide bonds. The molecule has 8 heteroatoms. The van der Waals surface area contributed by atoms with Crippen LogP contribution in [0.2, 0.25) is 0 Å². The highest BCUT2D eigenvalue weighted by Crippen LogP contribution is 2.27. The van der Waals surface area contributed by atoms with Crippen molar-refractivity contribution in [2.75, 3.05) is 33.6 Å². The summed E-state index contributed by atoms with van der Waals surface area (Å²) in [5, 5.41) is 2.84. The lowest BCUT2D eigenvalue weighted by Crippen LogP contribution is -2.42. The maximum Gasteiger partial charge on any atom is 0.221 e. The summed E-state index contributed by atoms with van der Waals surface area (Å²) in [6.45, 7) is 6.09. The van der Waals surface area contributed by atoms with E-state index in [-0.39, 0.29) is 31.0 Å². The molecular formula is C18H30N2O5S. The fourth-order valence-corrected chi connectivity index (χ4v) is 3.29. The van der Waals surface area contributed by atoms with Gasteiger partial charge >= 0.3 is 0 Å². The van der Waals surface area contributed by atoms with Gasteiger partial charge in [0.2, 0.25) is 15.9 Å². The quantitative estimate of drug-likeness (QED) is 0.700. The molecule has 1 aromatic rings. The Kier molecular flexibility index (Phi) is 7.89. The van der Waals surface area contributed by atoms with Crippen LogP contribution in [-0.2, 0) is 21.2 Å². The van der Waals surface area contributed by atoms with E-state index in [9.17, 15) is 13.2 Å². The van der Waals surface area contributed by atoms with Crippen molar-refractivity contribution < 1.29 is 22.7 Å². The van der Waals surface area contributed by atoms with Crippen LogP contribution in [-0.4, -0.2) is 57.7 Å². The molecule has 0 saturated carbocycles. The van der Waals surface area contributed by atoms with E-state index in [0.29, 0.717) is 17.9 Å². The number of sulfonamides is 1. The normalized spacial score (nSPS) is 12.1. The molecular weight excluding hydrogens is 356 g/mol. The van der Waals surface area contributed by atoms with Gasteiger partial charge in [0.05, 0.1) is 20.5 Å². The Balaban J connectivity index is 2.73. The molecule has 0 aromatic heterocycles. The zero-order chi connectivity index (χ0) is 20.0. The molecule has 0 aliphatic rings.